The molecule has 0 atom stereocenters. The quantitative estimate of drug-likeness (QED) is 0.207. The predicted octanol–water partition coefficient (Wildman–Crippen LogP) is 4.57. The fourth-order valence-corrected chi connectivity index (χ4v) is 2.32. The fourth-order valence-electron chi connectivity index (χ4n) is 2.32. The maximum atomic E-state index is 12.2. The van der Waals surface area contributed by atoms with Crippen LogP contribution in [0, 0.1) is 10.1 Å². The highest BCUT2D eigenvalue weighted by Crippen LogP contribution is 2.20. The zero-order chi connectivity index (χ0) is 19.9. The number of carbonyl (C=O) groups excluding carboxylic acids is 1. The number of nitro groups is 1. The standard InChI is InChI=1S/C21H16N2O5/c1-27-19-10-2-15(3-11-19)14-22-17-6-4-16(5-7-17)21(24)28-20-12-8-18(9-13-20)23(25)26/h2-14H,1H3. The SMILES string of the molecule is COc1ccc(C=Nc2ccc(C(=O)Oc3ccc([N+](=O)[O-])cc3)cc2)cc1. The number of esters is 1. The van der Waals surface area contributed by atoms with Gasteiger partial charge in [-0.3, -0.25) is 15.1 Å². The van der Waals surface area contributed by atoms with E-state index in [2.05, 4.69) is 4.99 Å². The summed E-state index contributed by atoms with van der Waals surface area (Å²) in [7, 11) is 1.61. The van der Waals surface area contributed by atoms with Gasteiger partial charge in [-0.1, -0.05) is 0 Å². The number of hydrogen-bond acceptors (Lipinski definition) is 6. The Morgan fingerprint density at radius 3 is 2.11 bits per heavy atom. The topological polar surface area (TPSA) is 91.0 Å². The summed E-state index contributed by atoms with van der Waals surface area (Å²) in [4.78, 5) is 26.7. The van der Waals surface area contributed by atoms with Gasteiger partial charge in [0.05, 0.1) is 23.3 Å². The summed E-state index contributed by atoms with van der Waals surface area (Å²) in [6, 6.07) is 19.4. The molecule has 140 valence electrons. The number of methoxy groups -OCH3 is 1. The number of non-ortho nitro benzene ring substituents is 1. The molecular weight excluding hydrogens is 360 g/mol. The van der Waals surface area contributed by atoms with Crippen LogP contribution in [-0.2, 0) is 0 Å². The summed E-state index contributed by atoms with van der Waals surface area (Å²) in [6.07, 6.45) is 1.71. The molecule has 0 fully saturated rings. The Hall–Kier alpha value is -4.00. The first-order valence-corrected chi connectivity index (χ1v) is 8.30. The molecule has 3 aromatic carbocycles. The number of hydrogen-bond donors (Lipinski definition) is 0. The summed E-state index contributed by atoms with van der Waals surface area (Å²) in [5, 5.41) is 10.6. The Balaban J connectivity index is 1.63. The van der Waals surface area contributed by atoms with Crippen LogP contribution in [0.25, 0.3) is 0 Å². The molecule has 7 nitrogen and oxygen atoms in total. The fraction of sp³-hybridized carbons (Fsp3) is 0.0476. The largest absolute Gasteiger partial charge is 0.497 e. The van der Waals surface area contributed by atoms with E-state index in [0.29, 0.717) is 11.3 Å². The van der Waals surface area contributed by atoms with Crippen molar-refractivity contribution in [3.63, 3.8) is 0 Å². The van der Waals surface area contributed by atoms with Crippen molar-refractivity contribution in [1.82, 2.24) is 0 Å². The first-order chi connectivity index (χ1) is 13.5. The highest BCUT2D eigenvalue weighted by atomic mass is 16.6. The summed E-state index contributed by atoms with van der Waals surface area (Å²) >= 11 is 0. The van der Waals surface area contributed by atoms with Crippen molar-refractivity contribution in [2.45, 2.75) is 0 Å². The number of benzene rings is 3. The minimum atomic E-state index is -0.556. The van der Waals surface area contributed by atoms with Crippen molar-refractivity contribution >= 4 is 23.6 Å². The van der Waals surface area contributed by atoms with Gasteiger partial charge < -0.3 is 9.47 Å². The predicted molar refractivity (Wildman–Crippen MR) is 105 cm³/mol. The van der Waals surface area contributed by atoms with Crippen LogP contribution in [0.2, 0.25) is 0 Å². The third-order valence-corrected chi connectivity index (χ3v) is 3.84. The number of carbonyl (C=O) groups is 1. The Bertz CT molecular complexity index is 994. The number of ether oxygens (including phenoxy) is 2. The second kappa shape index (κ2) is 8.59. The average molecular weight is 376 g/mol. The molecule has 3 rings (SSSR count). The van der Waals surface area contributed by atoms with Crippen LogP contribution in [0.3, 0.4) is 0 Å². The second-order valence-corrected chi connectivity index (χ2v) is 5.72. The van der Waals surface area contributed by atoms with Gasteiger partial charge >= 0.3 is 5.97 Å². The normalized spacial score (nSPS) is 10.6. The van der Waals surface area contributed by atoms with Gasteiger partial charge in [-0.25, -0.2) is 4.79 Å². The molecule has 7 heteroatoms. The van der Waals surface area contributed by atoms with Crippen molar-refractivity contribution in [3.05, 3.63) is 94.0 Å². The molecule has 0 unspecified atom stereocenters. The molecule has 0 N–H and O–H groups in total. The van der Waals surface area contributed by atoms with Crippen molar-refractivity contribution in [2.75, 3.05) is 7.11 Å². The molecule has 0 saturated heterocycles. The molecule has 0 aliphatic carbocycles. The van der Waals surface area contributed by atoms with Crippen molar-refractivity contribution in [3.8, 4) is 11.5 Å². The van der Waals surface area contributed by atoms with E-state index in [9.17, 15) is 14.9 Å². The molecule has 0 amide bonds. The highest BCUT2D eigenvalue weighted by Gasteiger charge is 2.10. The zero-order valence-electron chi connectivity index (χ0n) is 14.9. The lowest BCUT2D eigenvalue weighted by atomic mass is 10.2. The van der Waals surface area contributed by atoms with E-state index in [-0.39, 0.29) is 11.4 Å². The lowest BCUT2D eigenvalue weighted by Gasteiger charge is -2.04. The highest BCUT2D eigenvalue weighted by molar-refractivity contribution is 5.91. The maximum absolute atomic E-state index is 12.2. The van der Waals surface area contributed by atoms with Gasteiger partial charge in [0.2, 0.25) is 0 Å². The first kappa shape index (κ1) is 18.8. The van der Waals surface area contributed by atoms with Crippen LogP contribution in [0.5, 0.6) is 11.5 Å². The number of nitrogens with zero attached hydrogens (tertiary/aromatic N) is 2. The minimum Gasteiger partial charge on any atom is -0.497 e. The third-order valence-electron chi connectivity index (χ3n) is 3.84. The molecule has 0 aliphatic heterocycles. The molecule has 0 radical (unpaired) electrons. The second-order valence-electron chi connectivity index (χ2n) is 5.72. The van der Waals surface area contributed by atoms with E-state index in [1.165, 1.54) is 24.3 Å². The lowest BCUT2D eigenvalue weighted by molar-refractivity contribution is -0.384. The molecule has 0 bridgehead atoms. The van der Waals surface area contributed by atoms with Crippen LogP contribution >= 0.6 is 0 Å². The van der Waals surface area contributed by atoms with E-state index in [4.69, 9.17) is 9.47 Å². The Labute approximate surface area is 161 Å². The van der Waals surface area contributed by atoms with E-state index in [0.717, 1.165) is 11.3 Å². The van der Waals surface area contributed by atoms with Crippen molar-refractivity contribution in [1.29, 1.82) is 0 Å². The number of aliphatic imine (C=N–C) groups is 1. The van der Waals surface area contributed by atoms with Gasteiger partial charge in [-0.2, -0.15) is 0 Å². The third kappa shape index (κ3) is 4.79. The molecule has 3 aromatic rings. The summed E-state index contributed by atoms with van der Waals surface area (Å²) in [5.41, 5.74) is 1.88. The lowest BCUT2D eigenvalue weighted by Crippen LogP contribution is -2.08. The van der Waals surface area contributed by atoms with Gasteiger partial charge in [0.15, 0.2) is 0 Å². The zero-order valence-corrected chi connectivity index (χ0v) is 14.9. The van der Waals surface area contributed by atoms with Crippen LogP contribution in [0.1, 0.15) is 15.9 Å². The Kier molecular flexibility index (Phi) is 5.76. The smallest absolute Gasteiger partial charge is 0.343 e. The molecule has 0 heterocycles. The van der Waals surface area contributed by atoms with Gasteiger partial charge in [-0.05, 0) is 66.2 Å². The van der Waals surface area contributed by atoms with Crippen molar-refractivity contribution < 1.29 is 19.2 Å². The Morgan fingerprint density at radius 1 is 0.929 bits per heavy atom. The Morgan fingerprint density at radius 2 is 1.54 bits per heavy atom. The van der Waals surface area contributed by atoms with E-state index < -0.39 is 10.9 Å². The van der Waals surface area contributed by atoms with Crippen LogP contribution in [0.4, 0.5) is 11.4 Å². The number of nitro benzene ring substituents is 1. The molecule has 0 aromatic heterocycles. The first-order valence-electron chi connectivity index (χ1n) is 8.30. The van der Waals surface area contributed by atoms with E-state index in [1.54, 1.807) is 37.6 Å². The van der Waals surface area contributed by atoms with E-state index >= 15 is 0 Å². The molecule has 0 aliphatic rings. The van der Waals surface area contributed by atoms with Gasteiger partial charge in [0.1, 0.15) is 11.5 Å². The summed E-state index contributed by atoms with van der Waals surface area (Å²) in [6.45, 7) is 0. The molecule has 28 heavy (non-hydrogen) atoms. The van der Waals surface area contributed by atoms with Crippen LogP contribution in [-0.4, -0.2) is 24.2 Å². The van der Waals surface area contributed by atoms with Gasteiger partial charge in [0, 0.05) is 18.3 Å². The molecular formula is C21H16N2O5. The maximum Gasteiger partial charge on any atom is 0.343 e. The van der Waals surface area contributed by atoms with Gasteiger partial charge in [0.25, 0.3) is 5.69 Å². The monoisotopic (exact) mass is 376 g/mol. The molecule has 0 spiro atoms. The van der Waals surface area contributed by atoms with E-state index in [1.807, 2.05) is 24.3 Å². The van der Waals surface area contributed by atoms with Crippen molar-refractivity contribution in [2.24, 2.45) is 4.99 Å². The average Bonchev–Trinajstić information content (AvgIpc) is 2.73. The van der Waals surface area contributed by atoms with Crippen LogP contribution < -0.4 is 9.47 Å². The minimum absolute atomic E-state index is 0.0705. The summed E-state index contributed by atoms with van der Waals surface area (Å²) < 4.78 is 10.3. The molecule has 0 saturated carbocycles. The number of rotatable bonds is 6. The van der Waals surface area contributed by atoms with Crippen LogP contribution in [0.15, 0.2) is 77.8 Å². The summed E-state index contributed by atoms with van der Waals surface area (Å²) in [5.74, 6) is 0.449. The van der Waals surface area contributed by atoms with Gasteiger partial charge in [-0.15, -0.1) is 0 Å².